The largest absolute Gasteiger partial charge is 0.494 e. The smallest absolute Gasteiger partial charge is 0.112 e. The van der Waals surface area contributed by atoms with Gasteiger partial charge < -0.3 is 4.74 Å². The summed E-state index contributed by atoms with van der Waals surface area (Å²) < 4.78 is 5.41. The predicted molar refractivity (Wildman–Crippen MR) is 89.2 cm³/mol. The van der Waals surface area contributed by atoms with Crippen LogP contribution in [0.15, 0.2) is 73.1 Å². The second-order valence-corrected chi connectivity index (χ2v) is 4.48. The standard InChI is InChI=1S/C19H24O/c1-7-8-15-20-19(6)14-13-18(5)12-11-17(4)10-9-16(2)3/h9-10,13-14H,2,4-8,15H2,1,3H3/b10-9-,14-13-. The Kier molecular flexibility index (Phi) is 9.52. The van der Waals surface area contributed by atoms with Gasteiger partial charge in [0.2, 0.25) is 0 Å². The predicted octanol–water partition coefficient (Wildman–Crippen LogP) is 5.12. The van der Waals surface area contributed by atoms with Crippen LogP contribution in [-0.2, 0) is 4.74 Å². The monoisotopic (exact) mass is 268 g/mol. The molecule has 0 aromatic rings. The van der Waals surface area contributed by atoms with E-state index < -0.39 is 0 Å². The number of hydrogen-bond donors (Lipinski definition) is 0. The summed E-state index contributed by atoms with van der Waals surface area (Å²) in [7, 11) is 0. The van der Waals surface area contributed by atoms with Gasteiger partial charge in [0.05, 0.1) is 6.61 Å². The van der Waals surface area contributed by atoms with Crippen molar-refractivity contribution in [1.29, 1.82) is 0 Å². The van der Waals surface area contributed by atoms with E-state index in [1.54, 1.807) is 12.2 Å². The number of allylic oxidation sites excluding steroid dienone is 7. The van der Waals surface area contributed by atoms with Crippen molar-refractivity contribution in [1.82, 2.24) is 0 Å². The Morgan fingerprint density at radius 3 is 2.00 bits per heavy atom. The molecular weight excluding hydrogens is 244 g/mol. The van der Waals surface area contributed by atoms with Crippen molar-refractivity contribution >= 4 is 0 Å². The molecule has 0 aliphatic carbocycles. The van der Waals surface area contributed by atoms with Crippen LogP contribution in [0.5, 0.6) is 0 Å². The number of ether oxygens (including phenoxy) is 1. The number of hydrogen-bond acceptors (Lipinski definition) is 1. The van der Waals surface area contributed by atoms with Gasteiger partial charge in [-0.25, -0.2) is 0 Å². The summed E-state index contributed by atoms with van der Waals surface area (Å²) in [5, 5.41) is 0. The van der Waals surface area contributed by atoms with E-state index in [1.807, 2.05) is 19.1 Å². The Bertz CT molecular complexity index is 490. The van der Waals surface area contributed by atoms with Gasteiger partial charge >= 0.3 is 0 Å². The first-order valence-electron chi connectivity index (χ1n) is 6.69. The third-order valence-electron chi connectivity index (χ3n) is 2.21. The van der Waals surface area contributed by atoms with Gasteiger partial charge in [-0.3, -0.25) is 0 Å². The van der Waals surface area contributed by atoms with E-state index in [2.05, 4.69) is 45.1 Å². The van der Waals surface area contributed by atoms with Gasteiger partial charge in [0, 0.05) is 11.1 Å². The maximum absolute atomic E-state index is 5.41. The fourth-order valence-electron chi connectivity index (χ4n) is 1.08. The highest BCUT2D eigenvalue weighted by molar-refractivity contribution is 5.46. The zero-order valence-electron chi connectivity index (χ0n) is 12.7. The maximum Gasteiger partial charge on any atom is 0.112 e. The Hall–Kier alpha value is -2.20. The van der Waals surface area contributed by atoms with E-state index in [0.717, 1.165) is 24.0 Å². The first kappa shape index (κ1) is 17.8. The fraction of sp³-hybridized carbons (Fsp3) is 0.263. The highest BCUT2D eigenvalue weighted by atomic mass is 16.5. The molecule has 0 aromatic carbocycles. The fourth-order valence-corrected chi connectivity index (χ4v) is 1.08. The number of unbranched alkanes of at least 4 members (excludes halogenated alkanes) is 1. The van der Waals surface area contributed by atoms with Crippen molar-refractivity contribution in [3.8, 4) is 11.8 Å². The molecule has 0 atom stereocenters. The Balaban J connectivity index is 4.26. The molecule has 0 saturated heterocycles. The Morgan fingerprint density at radius 1 is 0.950 bits per heavy atom. The summed E-state index contributed by atoms with van der Waals surface area (Å²) in [6.45, 7) is 20.0. The van der Waals surface area contributed by atoms with Crippen molar-refractivity contribution < 1.29 is 4.74 Å². The molecule has 0 fully saturated rings. The molecule has 0 aliphatic heterocycles. The number of rotatable bonds is 8. The summed E-state index contributed by atoms with van der Waals surface area (Å²) in [5.41, 5.74) is 2.38. The van der Waals surface area contributed by atoms with Crippen LogP contribution in [0.1, 0.15) is 26.7 Å². The molecule has 0 aliphatic rings. The summed E-state index contributed by atoms with van der Waals surface area (Å²) in [5.74, 6) is 6.47. The van der Waals surface area contributed by atoms with E-state index >= 15 is 0 Å². The van der Waals surface area contributed by atoms with Gasteiger partial charge in [-0.2, -0.15) is 0 Å². The van der Waals surface area contributed by atoms with Crippen molar-refractivity contribution in [2.75, 3.05) is 6.61 Å². The van der Waals surface area contributed by atoms with E-state index in [4.69, 9.17) is 4.74 Å². The highest BCUT2D eigenvalue weighted by Crippen LogP contribution is 2.02. The van der Waals surface area contributed by atoms with Crippen LogP contribution in [0.25, 0.3) is 0 Å². The molecular formula is C19H24O. The molecule has 1 nitrogen and oxygen atoms in total. The topological polar surface area (TPSA) is 9.23 Å². The van der Waals surface area contributed by atoms with Crippen molar-refractivity contribution in [3.05, 3.63) is 73.1 Å². The highest BCUT2D eigenvalue weighted by Gasteiger charge is 1.89. The van der Waals surface area contributed by atoms with Gasteiger partial charge in [-0.1, -0.05) is 63.2 Å². The molecule has 0 unspecified atom stereocenters. The molecule has 0 rings (SSSR count). The van der Waals surface area contributed by atoms with Crippen molar-refractivity contribution in [3.63, 3.8) is 0 Å². The first-order valence-corrected chi connectivity index (χ1v) is 6.69. The van der Waals surface area contributed by atoms with Crippen molar-refractivity contribution in [2.24, 2.45) is 0 Å². The summed E-state index contributed by atoms with van der Waals surface area (Å²) in [4.78, 5) is 0. The lowest BCUT2D eigenvalue weighted by molar-refractivity contribution is 0.221. The van der Waals surface area contributed by atoms with Crippen LogP contribution in [0.3, 0.4) is 0 Å². The quantitative estimate of drug-likeness (QED) is 0.257. The average Bonchev–Trinajstić information content (AvgIpc) is 2.40. The SMILES string of the molecule is C=C(C)/C=C\C(=C)C#CC(=C)/C=C\C(=C)OCCCC. The first-order chi connectivity index (χ1) is 9.45. The Labute approximate surface area is 123 Å². The molecule has 0 spiro atoms. The summed E-state index contributed by atoms with van der Waals surface area (Å²) in [6, 6.07) is 0. The van der Waals surface area contributed by atoms with Gasteiger partial charge in [-0.15, -0.1) is 0 Å². The lowest BCUT2D eigenvalue weighted by atomic mass is 10.2. The van der Waals surface area contributed by atoms with Crippen LogP contribution in [-0.4, -0.2) is 6.61 Å². The van der Waals surface area contributed by atoms with E-state index in [9.17, 15) is 0 Å². The third-order valence-corrected chi connectivity index (χ3v) is 2.21. The minimum atomic E-state index is 0.627. The van der Waals surface area contributed by atoms with Crippen LogP contribution in [0.4, 0.5) is 0 Å². The Morgan fingerprint density at radius 2 is 1.50 bits per heavy atom. The molecule has 106 valence electrons. The maximum atomic E-state index is 5.41. The van der Waals surface area contributed by atoms with Gasteiger partial charge in [0.25, 0.3) is 0 Å². The zero-order valence-corrected chi connectivity index (χ0v) is 12.7. The van der Waals surface area contributed by atoms with Crippen LogP contribution in [0.2, 0.25) is 0 Å². The van der Waals surface area contributed by atoms with Gasteiger partial charge in [0.15, 0.2) is 0 Å². The summed E-state index contributed by atoms with van der Waals surface area (Å²) in [6.07, 6.45) is 9.41. The molecule has 1 heteroatoms. The molecule has 0 amide bonds. The lowest BCUT2D eigenvalue weighted by Crippen LogP contribution is -1.90. The molecule has 20 heavy (non-hydrogen) atoms. The van der Waals surface area contributed by atoms with E-state index in [0.29, 0.717) is 17.9 Å². The van der Waals surface area contributed by atoms with Crippen LogP contribution >= 0.6 is 0 Å². The molecule has 0 aromatic heterocycles. The molecule has 0 heterocycles. The minimum Gasteiger partial charge on any atom is -0.494 e. The van der Waals surface area contributed by atoms with E-state index in [1.165, 1.54) is 0 Å². The lowest BCUT2D eigenvalue weighted by Gasteiger charge is -2.03. The molecule has 0 radical (unpaired) electrons. The minimum absolute atomic E-state index is 0.627. The van der Waals surface area contributed by atoms with Crippen molar-refractivity contribution in [2.45, 2.75) is 26.7 Å². The normalized spacial score (nSPS) is 10.1. The average molecular weight is 268 g/mol. The second-order valence-electron chi connectivity index (χ2n) is 4.48. The van der Waals surface area contributed by atoms with Crippen LogP contribution < -0.4 is 0 Å². The second kappa shape index (κ2) is 10.7. The third kappa shape index (κ3) is 10.9. The molecule has 0 bridgehead atoms. The molecule has 0 N–H and O–H groups in total. The van der Waals surface area contributed by atoms with E-state index in [-0.39, 0.29) is 0 Å². The van der Waals surface area contributed by atoms with Gasteiger partial charge in [-0.05, 0) is 31.6 Å². The molecule has 0 saturated carbocycles. The van der Waals surface area contributed by atoms with Crippen LogP contribution in [0, 0.1) is 11.8 Å². The zero-order chi connectivity index (χ0) is 15.4. The summed E-state index contributed by atoms with van der Waals surface area (Å²) >= 11 is 0. The van der Waals surface area contributed by atoms with Gasteiger partial charge in [0.1, 0.15) is 5.76 Å².